The van der Waals surface area contributed by atoms with Crippen LogP contribution in [0.3, 0.4) is 0 Å². The van der Waals surface area contributed by atoms with E-state index in [1.807, 2.05) is 0 Å². The standard InChI is InChI=1S/C8H9NO/c1-6-4-2-3-5-7(6)8(9)10/h2-5H,1H3,(H2,9,10)/i1D,2D,3D,4D,5D. The molecule has 0 aliphatic heterocycles. The van der Waals surface area contributed by atoms with E-state index in [9.17, 15) is 4.79 Å². The Morgan fingerprint density at radius 3 is 3.00 bits per heavy atom. The van der Waals surface area contributed by atoms with Crippen molar-refractivity contribution in [3.63, 3.8) is 0 Å². The number of primary amides is 1. The van der Waals surface area contributed by atoms with Crippen LogP contribution in [0, 0.1) is 6.90 Å². The SMILES string of the molecule is [2H]Cc1c([2H])c([2H])c([2H])c([2H])c1C(N)=O. The minimum atomic E-state index is -0.941. The number of carbonyl (C=O) groups excluding carboxylic acids is 1. The summed E-state index contributed by atoms with van der Waals surface area (Å²) in [5.41, 5.74) is 4.65. The summed E-state index contributed by atoms with van der Waals surface area (Å²) < 4.78 is 36.7. The van der Waals surface area contributed by atoms with Crippen molar-refractivity contribution in [3.8, 4) is 0 Å². The molecule has 0 unspecified atom stereocenters. The summed E-state index contributed by atoms with van der Waals surface area (Å²) in [5.74, 6) is -0.941. The van der Waals surface area contributed by atoms with E-state index >= 15 is 0 Å². The van der Waals surface area contributed by atoms with Crippen molar-refractivity contribution >= 4 is 5.91 Å². The number of nitrogens with two attached hydrogens (primary N) is 1. The molecular weight excluding hydrogens is 126 g/mol. The van der Waals surface area contributed by atoms with Gasteiger partial charge in [0, 0.05) is 6.93 Å². The van der Waals surface area contributed by atoms with Crippen molar-refractivity contribution < 1.29 is 11.6 Å². The Morgan fingerprint density at radius 2 is 2.40 bits per heavy atom. The maximum Gasteiger partial charge on any atom is 0.248 e. The van der Waals surface area contributed by atoms with Crippen molar-refractivity contribution in [1.29, 1.82) is 0 Å². The average Bonchev–Trinajstić information content (AvgIpc) is 2.19. The zero-order valence-corrected chi connectivity index (χ0v) is 5.19. The van der Waals surface area contributed by atoms with E-state index in [2.05, 4.69) is 0 Å². The predicted molar refractivity (Wildman–Crippen MR) is 39.7 cm³/mol. The number of hydrogen-bond acceptors (Lipinski definition) is 1. The summed E-state index contributed by atoms with van der Waals surface area (Å²) in [7, 11) is 0. The van der Waals surface area contributed by atoms with Gasteiger partial charge in [-0.1, -0.05) is 18.1 Å². The molecule has 2 nitrogen and oxygen atoms in total. The second-order valence-electron chi connectivity index (χ2n) is 1.72. The molecule has 0 aliphatic carbocycles. The predicted octanol–water partition coefficient (Wildman–Crippen LogP) is 1.09. The Labute approximate surface area is 66.7 Å². The maximum absolute atomic E-state index is 11.0. The average molecular weight is 140 g/mol. The van der Waals surface area contributed by atoms with Gasteiger partial charge in [0.05, 0.1) is 5.48 Å². The van der Waals surface area contributed by atoms with E-state index in [0.29, 0.717) is 0 Å². The molecule has 0 radical (unpaired) electrons. The smallest absolute Gasteiger partial charge is 0.248 e. The molecule has 0 aliphatic rings. The third kappa shape index (κ3) is 1.16. The van der Waals surface area contributed by atoms with E-state index in [1.165, 1.54) is 0 Å². The van der Waals surface area contributed by atoms with Crippen molar-refractivity contribution in [2.24, 2.45) is 5.73 Å². The molecule has 1 aromatic carbocycles. The molecule has 10 heavy (non-hydrogen) atoms. The minimum Gasteiger partial charge on any atom is -0.366 e. The van der Waals surface area contributed by atoms with Crippen LogP contribution in [-0.2, 0) is 0 Å². The molecule has 0 saturated heterocycles. The fourth-order valence-corrected chi connectivity index (χ4v) is 0.549. The Bertz CT molecular complexity index is 432. The second-order valence-corrected chi connectivity index (χ2v) is 1.72. The Kier molecular flexibility index (Phi) is 0.691. The van der Waals surface area contributed by atoms with Crippen LogP contribution >= 0.6 is 0 Å². The van der Waals surface area contributed by atoms with Gasteiger partial charge in [0.25, 0.3) is 0 Å². The number of rotatable bonds is 1. The van der Waals surface area contributed by atoms with Crippen LogP contribution < -0.4 is 5.73 Å². The molecule has 52 valence electrons. The lowest BCUT2D eigenvalue weighted by Gasteiger charge is -1.97. The van der Waals surface area contributed by atoms with E-state index in [1.54, 1.807) is 0 Å². The summed E-state index contributed by atoms with van der Waals surface area (Å²) in [6.45, 7) is -0.408. The third-order valence-electron chi connectivity index (χ3n) is 1.01. The van der Waals surface area contributed by atoms with Crippen LogP contribution in [-0.4, -0.2) is 5.91 Å². The Morgan fingerprint density at radius 1 is 1.70 bits per heavy atom. The zero-order valence-electron chi connectivity index (χ0n) is 10.2. The molecule has 0 aromatic heterocycles. The van der Waals surface area contributed by atoms with E-state index < -0.39 is 30.9 Å². The minimum absolute atomic E-state index is 0.0616. The van der Waals surface area contributed by atoms with Crippen LogP contribution in [0.5, 0.6) is 0 Å². The molecule has 0 saturated carbocycles. The van der Waals surface area contributed by atoms with Crippen LogP contribution in [0.1, 0.15) is 22.8 Å². The highest BCUT2D eigenvalue weighted by Crippen LogP contribution is 2.04. The van der Waals surface area contributed by atoms with Crippen molar-refractivity contribution in [2.75, 3.05) is 0 Å². The highest BCUT2D eigenvalue weighted by molar-refractivity contribution is 5.94. The van der Waals surface area contributed by atoms with Gasteiger partial charge in [-0.2, -0.15) is 0 Å². The van der Waals surface area contributed by atoms with Gasteiger partial charge in [0.1, 0.15) is 0 Å². The van der Waals surface area contributed by atoms with E-state index in [-0.39, 0.29) is 17.2 Å². The van der Waals surface area contributed by atoms with Gasteiger partial charge < -0.3 is 5.73 Å². The quantitative estimate of drug-likeness (QED) is 0.623. The highest BCUT2D eigenvalue weighted by atomic mass is 16.1. The zero-order chi connectivity index (χ0) is 11.7. The first-order chi connectivity index (χ1) is 6.91. The molecule has 1 aromatic rings. The highest BCUT2D eigenvalue weighted by Gasteiger charge is 2.00. The van der Waals surface area contributed by atoms with Gasteiger partial charge in [0.15, 0.2) is 0 Å². The summed E-state index contributed by atoms with van der Waals surface area (Å²) in [6, 6.07) is -1.82. The lowest BCUT2D eigenvalue weighted by molar-refractivity contribution is 0.1000. The van der Waals surface area contributed by atoms with E-state index in [4.69, 9.17) is 12.6 Å². The molecule has 1 amide bonds. The van der Waals surface area contributed by atoms with Gasteiger partial charge in [0.2, 0.25) is 5.91 Å². The largest absolute Gasteiger partial charge is 0.366 e. The fourth-order valence-electron chi connectivity index (χ4n) is 0.549. The molecule has 1 rings (SSSR count). The number of carbonyl (C=O) groups is 1. The van der Waals surface area contributed by atoms with Gasteiger partial charge in [-0.15, -0.1) is 0 Å². The molecular formula is C8H9NO. The van der Waals surface area contributed by atoms with E-state index in [0.717, 1.165) is 0 Å². The first-order valence-corrected chi connectivity index (χ1v) is 2.60. The van der Waals surface area contributed by atoms with Gasteiger partial charge in [-0.25, -0.2) is 0 Å². The Balaban J connectivity index is 3.70. The van der Waals surface area contributed by atoms with Gasteiger partial charge in [-0.3, -0.25) is 4.79 Å². The fraction of sp³-hybridized carbons (Fsp3) is 0.125. The first kappa shape index (κ1) is 2.74. The summed E-state index contributed by atoms with van der Waals surface area (Å²) in [5, 5.41) is 0. The van der Waals surface area contributed by atoms with Crippen LogP contribution in [0.25, 0.3) is 0 Å². The third-order valence-corrected chi connectivity index (χ3v) is 1.01. The second kappa shape index (κ2) is 2.52. The topological polar surface area (TPSA) is 43.1 Å². The molecule has 2 heteroatoms. The maximum atomic E-state index is 11.0. The number of benzene rings is 1. The van der Waals surface area contributed by atoms with Crippen LogP contribution in [0.4, 0.5) is 0 Å². The molecule has 0 spiro atoms. The molecule has 0 bridgehead atoms. The lowest BCUT2D eigenvalue weighted by Crippen LogP contribution is -2.12. The molecule has 2 N–H and O–H groups in total. The normalized spacial score (nSPS) is 16.2. The summed E-state index contributed by atoms with van der Waals surface area (Å²) >= 11 is 0. The molecule has 0 fully saturated rings. The monoisotopic (exact) mass is 140 g/mol. The van der Waals surface area contributed by atoms with Crippen molar-refractivity contribution in [2.45, 2.75) is 6.90 Å². The molecule has 0 heterocycles. The lowest BCUT2D eigenvalue weighted by atomic mass is 10.1. The first-order valence-electron chi connectivity index (χ1n) is 5.30. The number of hydrogen-bond donors (Lipinski definition) is 1. The van der Waals surface area contributed by atoms with Crippen molar-refractivity contribution in [1.82, 2.24) is 0 Å². The Hall–Kier alpha value is -1.31. The van der Waals surface area contributed by atoms with Crippen LogP contribution in [0.2, 0.25) is 0 Å². The summed E-state index contributed by atoms with van der Waals surface area (Å²) in [4.78, 5) is 11.0. The van der Waals surface area contributed by atoms with Crippen LogP contribution in [0.15, 0.2) is 24.2 Å². The summed E-state index contributed by atoms with van der Waals surface area (Å²) in [6.07, 6.45) is 0. The number of amides is 1. The van der Waals surface area contributed by atoms with Crippen molar-refractivity contribution in [3.05, 3.63) is 35.3 Å². The van der Waals surface area contributed by atoms with Gasteiger partial charge >= 0.3 is 0 Å². The van der Waals surface area contributed by atoms with Gasteiger partial charge in [-0.05, 0) is 18.5 Å². The molecule has 0 atom stereocenters.